The fourth-order valence-corrected chi connectivity index (χ4v) is 4.14. The topological polar surface area (TPSA) is 93.7 Å². The third-order valence-electron chi connectivity index (χ3n) is 5.59. The summed E-state index contributed by atoms with van der Waals surface area (Å²) in [5.74, 6) is -0.293. The van der Waals surface area contributed by atoms with E-state index >= 15 is 0 Å². The number of esters is 1. The van der Waals surface area contributed by atoms with Crippen LogP contribution in [0.3, 0.4) is 0 Å². The molecule has 0 saturated carbocycles. The molecule has 2 atom stereocenters. The minimum atomic E-state index is -0.657. The molecule has 188 valence electrons. The Bertz CT molecular complexity index is 1040. The van der Waals surface area contributed by atoms with Crippen LogP contribution < -0.4 is 10.6 Å². The zero-order chi connectivity index (χ0) is 25.6. The highest BCUT2D eigenvalue weighted by Gasteiger charge is 2.27. The summed E-state index contributed by atoms with van der Waals surface area (Å²) in [4.78, 5) is 37.5. The van der Waals surface area contributed by atoms with E-state index in [0.717, 1.165) is 11.1 Å². The summed E-state index contributed by atoms with van der Waals surface area (Å²) in [7, 11) is 0. The lowest BCUT2D eigenvalue weighted by atomic mass is 9.90. The van der Waals surface area contributed by atoms with E-state index in [1.807, 2.05) is 77.1 Å². The molecule has 1 heterocycles. The predicted molar refractivity (Wildman–Crippen MR) is 134 cm³/mol. The van der Waals surface area contributed by atoms with E-state index in [4.69, 9.17) is 9.47 Å². The van der Waals surface area contributed by atoms with E-state index < -0.39 is 17.7 Å². The van der Waals surface area contributed by atoms with Crippen molar-refractivity contribution in [3.05, 3.63) is 70.8 Å². The molecular formula is C28H36N2O5. The molecule has 2 aromatic rings. The van der Waals surface area contributed by atoms with E-state index in [1.54, 1.807) is 6.07 Å². The van der Waals surface area contributed by atoms with Crippen molar-refractivity contribution in [2.45, 2.75) is 71.6 Å². The Morgan fingerprint density at radius 3 is 2.37 bits per heavy atom. The minimum Gasteiger partial charge on any atom is -0.465 e. The largest absolute Gasteiger partial charge is 0.465 e. The maximum atomic E-state index is 13.1. The maximum Gasteiger partial charge on any atom is 0.408 e. The van der Waals surface area contributed by atoms with Gasteiger partial charge in [0, 0.05) is 17.5 Å². The van der Waals surface area contributed by atoms with Gasteiger partial charge in [0.25, 0.3) is 5.91 Å². The highest BCUT2D eigenvalue weighted by atomic mass is 16.6. The quantitative estimate of drug-likeness (QED) is 0.533. The summed E-state index contributed by atoms with van der Waals surface area (Å²) in [5, 5.41) is 5.96. The molecule has 2 amide bonds. The fourth-order valence-electron chi connectivity index (χ4n) is 4.14. The van der Waals surface area contributed by atoms with E-state index in [-0.39, 0.29) is 23.8 Å². The van der Waals surface area contributed by atoms with Crippen molar-refractivity contribution in [2.24, 2.45) is 5.92 Å². The van der Waals surface area contributed by atoms with Gasteiger partial charge in [-0.1, -0.05) is 42.5 Å². The number of hydrogen-bond donors (Lipinski definition) is 2. The van der Waals surface area contributed by atoms with Crippen molar-refractivity contribution < 1.29 is 23.9 Å². The van der Waals surface area contributed by atoms with Gasteiger partial charge in [0.2, 0.25) is 0 Å². The van der Waals surface area contributed by atoms with E-state index in [2.05, 4.69) is 10.6 Å². The van der Waals surface area contributed by atoms with Crippen LogP contribution in [0.1, 0.15) is 74.1 Å². The van der Waals surface area contributed by atoms with Crippen molar-refractivity contribution in [2.75, 3.05) is 6.61 Å². The van der Waals surface area contributed by atoms with Crippen LogP contribution in [0.2, 0.25) is 0 Å². The third-order valence-corrected chi connectivity index (χ3v) is 5.59. The number of carbonyl (C=O) groups is 3. The minimum absolute atomic E-state index is 0.0388. The molecular weight excluding hydrogens is 444 g/mol. The summed E-state index contributed by atoms with van der Waals surface area (Å²) in [6, 6.07) is 14.9. The summed E-state index contributed by atoms with van der Waals surface area (Å²) in [6.45, 7) is 9.64. The molecule has 7 nitrogen and oxygen atoms in total. The van der Waals surface area contributed by atoms with Crippen molar-refractivity contribution in [3.8, 4) is 0 Å². The molecule has 0 unspecified atom stereocenters. The predicted octanol–water partition coefficient (Wildman–Crippen LogP) is 4.74. The second kappa shape index (κ2) is 11.4. The number of cyclic esters (lactones) is 1. The highest BCUT2D eigenvalue weighted by Crippen LogP contribution is 2.27. The molecule has 3 rings (SSSR count). The average molecular weight is 481 g/mol. The Morgan fingerprint density at radius 1 is 1.06 bits per heavy atom. The van der Waals surface area contributed by atoms with Gasteiger partial charge < -0.3 is 20.1 Å². The van der Waals surface area contributed by atoms with E-state index in [0.29, 0.717) is 37.0 Å². The van der Waals surface area contributed by atoms with Gasteiger partial charge in [-0.3, -0.25) is 9.59 Å². The van der Waals surface area contributed by atoms with Crippen molar-refractivity contribution in [3.63, 3.8) is 0 Å². The van der Waals surface area contributed by atoms with Crippen LogP contribution in [-0.2, 0) is 27.1 Å². The number of carbonyl (C=O) groups excluding carboxylic acids is 3. The zero-order valence-corrected chi connectivity index (χ0v) is 21.2. The van der Waals surface area contributed by atoms with Gasteiger partial charge in [-0.25, -0.2) is 4.79 Å². The molecule has 0 radical (unpaired) electrons. The summed E-state index contributed by atoms with van der Waals surface area (Å²) < 4.78 is 10.7. The second-order valence-electron chi connectivity index (χ2n) is 10.4. The molecule has 1 aliphatic heterocycles. The molecule has 1 aliphatic rings. The van der Waals surface area contributed by atoms with Gasteiger partial charge in [0.1, 0.15) is 5.60 Å². The molecule has 2 N–H and O–H groups in total. The van der Waals surface area contributed by atoms with E-state index in [9.17, 15) is 14.4 Å². The smallest absolute Gasteiger partial charge is 0.408 e. The van der Waals surface area contributed by atoms with Crippen LogP contribution in [0.15, 0.2) is 48.5 Å². The Labute approximate surface area is 207 Å². The maximum absolute atomic E-state index is 13.1. The monoisotopic (exact) mass is 480 g/mol. The van der Waals surface area contributed by atoms with Gasteiger partial charge in [-0.05, 0) is 70.2 Å². The summed E-state index contributed by atoms with van der Waals surface area (Å²) >= 11 is 0. The number of rotatable bonds is 8. The third kappa shape index (κ3) is 8.12. The number of nitrogens with one attached hydrogen (secondary N) is 2. The fraction of sp³-hybridized carbons (Fsp3) is 0.464. The molecule has 0 bridgehead atoms. The lowest BCUT2D eigenvalue weighted by molar-refractivity contribution is -0.137. The van der Waals surface area contributed by atoms with Crippen LogP contribution in [0, 0.1) is 5.92 Å². The van der Waals surface area contributed by atoms with Gasteiger partial charge in [-0.15, -0.1) is 0 Å². The molecule has 0 spiro atoms. The molecule has 2 aromatic carbocycles. The van der Waals surface area contributed by atoms with Gasteiger partial charge in [0.05, 0.1) is 19.1 Å². The first-order valence-corrected chi connectivity index (χ1v) is 12.1. The lowest BCUT2D eigenvalue weighted by Gasteiger charge is -2.26. The Hall–Kier alpha value is -3.35. The number of hydrogen-bond acceptors (Lipinski definition) is 5. The van der Waals surface area contributed by atoms with Gasteiger partial charge in [-0.2, -0.15) is 0 Å². The first-order valence-electron chi connectivity index (χ1n) is 12.1. The van der Waals surface area contributed by atoms with Crippen molar-refractivity contribution in [1.82, 2.24) is 10.6 Å². The molecule has 7 heteroatoms. The first-order chi connectivity index (χ1) is 16.5. The normalized spacial score (nSPS) is 16.5. The molecule has 35 heavy (non-hydrogen) atoms. The van der Waals surface area contributed by atoms with Crippen LogP contribution >= 0.6 is 0 Å². The number of benzene rings is 2. The molecule has 0 aromatic heterocycles. The SMILES string of the molecule is CC(C)NC(=O)c1ccc(C[C@@H]2COC(=O)C2)cc1[C@H](Cc1ccccc1)NC(=O)OC(C)(C)C. The standard InChI is InChI=1S/C28H36N2O5/c1-18(2)29-26(32)22-12-11-20(13-21-16-25(31)34-17-21)14-23(22)24(15-19-9-7-6-8-10-19)30-27(33)35-28(3,4)5/h6-12,14,18,21,24H,13,15-17H2,1-5H3,(H,29,32)(H,30,33)/t21-,24-/m0/s1. The van der Waals surface area contributed by atoms with Crippen LogP contribution in [0.4, 0.5) is 4.79 Å². The first kappa shape index (κ1) is 26.3. The average Bonchev–Trinajstić information content (AvgIpc) is 3.16. The lowest BCUT2D eigenvalue weighted by Crippen LogP contribution is -2.37. The molecule has 1 saturated heterocycles. The van der Waals surface area contributed by atoms with Crippen LogP contribution in [-0.4, -0.2) is 36.2 Å². The number of amides is 2. The Balaban J connectivity index is 1.99. The van der Waals surface area contributed by atoms with Gasteiger partial charge in [0.15, 0.2) is 0 Å². The zero-order valence-electron chi connectivity index (χ0n) is 21.2. The number of ether oxygens (including phenoxy) is 2. The van der Waals surface area contributed by atoms with Crippen molar-refractivity contribution in [1.29, 1.82) is 0 Å². The van der Waals surface area contributed by atoms with E-state index in [1.165, 1.54) is 0 Å². The summed E-state index contributed by atoms with van der Waals surface area (Å²) in [5.41, 5.74) is 2.55. The Morgan fingerprint density at radius 2 is 1.77 bits per heavy atom. The van der Waals surface area contributed by atoms with Crippen LogP contribution in [0.5, 0.6) is 0 Å². The van der Waals surface area contributed by atoms with Crippen molar-refractivity contribution >= 4 is 18.0 Å². The number of alkyl carbamates (subject to hydrolysis) is 1. The highest BCUT2D eigenvalue weighted by molar-refractivity contribution is 5.96. The second-order valence-corrected chi connectivity index (χ2v) is 10.4. The van der Waals surface area contributed by atoms with Gasteiger partial charge >= 0.3 is 12.1 Å². The van der Waals surface area contributed by atoms with Crippen LogP contribution in [0.25, 0.3) is 0 Å². The molecule has 0 aliphatic carbocycles. The Kier molecular flexibility index (Phi) is 8.54. The summed E-state index contributed by atoms with van der Waals surface area (Å²) in [6.07, 6.45) is 0.967. The molecule has 1 fully saturated rings.